The number of ether oxygens (including phenoxy) is 1. The standard InChI is InChI=1S/C16H22ClFN2O/c1-3-4-7-21-8-5-6-20-15-9-12(2)13(18)10-14(15)19-16(20)11-17/h9-10H,3-8,11H2,1-2H3. The molecule has 0 aliphatic carbocycles. The fourth-order valence-electron chi connectivity index (χ4n) is 2.32. The molecule has 116 valence electrons. The lowest BCUT2D eigenvalue weighted by atomic mass is 10.2. The molecule has 1 heterocycles. The topological polar surface area (TPSA) is 27.1 Å². The summed E-state index contributed by atoms with van der Waals surface area (Å²) < 4.78 is 21.3. The van der Waals surface area contributed by atoms with E-state index in [0.717, 1.165) is 50.4 Å². The van der Waals surface area contributed by atoms with Crippen LogP contribution < -0.4 is 0 Å². The second-order valence-electron chi connectivity index (χ2n) is 5.22. The molecule has 0 aliphatic heterocycles. The molecule has 2 aromatic rings. The highest BCUT2D eigenvalue weighted by molar-refractivity contribution is 6.16. The highest BCUT2D eigenvalue weighted by Crippen LogP contribution is 2.21. The molecular weight excluding hydrogens is 291 g/mol. The summed E-state index contributed by atoms with van der Waals surface area (Å²) in [5.74, 6) is 0.882. The van der Waals surface area contributed by atoms with Gasteiger partial charge in [0.1, 0.15) is 11.6 Å². The molecule has 21 heavy (non-hydrogen) atoms. The van der Waals surface area contributed by atoms with E-state index in [1.165, 1.54) is 6.07 Å². The normalized spacial score (nSPS) is 11.4. The Kier molecular flexibility index (Phi) is 6.00. The van der Waals surface area contributed by atoms with Crippen molar-refractivity contribution < 1.29 is 9.13 Å². The quantitative estimate of drug-likeness (QED) is 0.532. The third-order valence-corrected chi connectivity index (χ3v) is 3.78. The molecule has 0 saturated carbocycles. The Morgan fingerprint density at radius 1 is 1.29 bits per heavy atom. The monoisotopic (exact) mass is 312 g/mol. The predicted molar refractivity (Wildman–Crippen MR) is 84.3 cm³/mol. The van der Waals surface area contributed by atoms with Crippen LogP contribution >= 0.6 is 11.6 Å². The van der Waals surface area contributed by atoms with Gasteiger partial charge in [-0.3, -0.25) is 0 Å². The van der Waals surface area contributed by atoms with Crippen molar-refractivity contribution in [2.45, 2.75) is 45.5 Å². The summed E-state index contributed by atoms with van der Waals surface area (Å²) in [6.45, 7) is 6.24. The van der Waals surface area contributed by atoms with Crippen LogP contribution in [-0.2, 0) is 17.2 Å². The summed E-state index contributed by atoms with van der Waals surface area (Å²) >= 11 is 5.96. The zero-order chi connectivity index (χ0) is 15.2. The maximum atomic E-state index is 13.6. The molecule has 0 unspecified atom stereocenters. The van der Waals surface area contributed by atoms with Gasteiger partial charge in [0.05, 0.1) is 16.9 Å². The molecule has 2 rings (SSSR count). The van der Waals surface area contributed by atoms with Crippen molar-refractivity contribution in [2.24, 2.45) is 0 Å². The zero-order valence-corrected chi connectivity index (χ0v) is 13.4. The van der Waals surface area contributed by atoms with E-state index >= 15 is 0 Å². The van der Waals surface area contributed by atoms with Crippen LogP contribution in [0.1, 0.15) is 37.6 Å². The van der Waals surface area contributed by atoms with Crippen molar-refractivity contribution in [1.29, 1.82) is 0 Å². The van der Waals surface area contributed by atoms with E-state index in [1.807, 2.05) is 6.07 Å². The van der Waals surface area contributed by atoms with Crippen molar-refractivity contribution in [3.63, 3.8) is 0 Å². The average molecular weight is 313 g/mol. The Hall–Kier alpha value is -1.13. The summed E-state index contributed by atoms with van der Waals surface area (Å²) in [4.78, 5) is 4.41. The van der Waals surface area contributed by atoms with Crippen LogP contribution in [0.3, 0.4) is 0 Å². The van der Waals surface area contributed by atoms with Gasteiger partial charge in [-0.05, 0) is 31.4 Å². The van der Waals surface area contributed by atoms with Crippen molar-refractivity contribution in [3.05, 3.63) is 29.3 Å². The summed E-state index contributed by atoms with van der Waals surface area (Å²) in [5.41, 5.74) is 2.24. The highest BCUT2D eigenvalue weighted by Gasteiger charge is 2.12. The summed E-state index contributed by atoms with van der Waals surface area (Å²) in [6.07, 6.45) is 3.14. The van der Waals surface area contributed by atoms with Crippen molar-refractivity contribution in [2.75, 3.05) is 13.2 Å². The van der Waals surface area contributed by atoms with E-state index in [1.54, 1.807) is 6.92 Å². The smallest absolute Gasteiger partial charge is 0.128 e. The number of unbranched alkanes of at least 4 members (excludes halogenated alkanes) is 1. The van der Waals surface area contributed by atoms with E-state index in [-0.39, 0.29) is 5.82 Å². The number of hydrogen-bond donors (Lipinski definition) is 0. The Balaban J connectivity index is 2.08. The van der Waals surface area contributed by atoms with E-state index < -0.39 is 0 Å². The van der Waals surface area contributed by atoms with Crippen LogP contribution in [0, 0.1) is 12.7 Å². The Bertz CT molecular complexity index is 597. The molecule has 0 fully saturated rings. The minimum atomic E-state index is -0.226. The summed E-state index contributed by atoms with van der Waals surface area (Å²) in [7, 11) is 0. The van der Waals surface area contributed by atoms with Gasteiger partial charge in [-0.2, -0.15) is 0 Å². The molecule has 1 aromatic carbocycles. The van der Waals surface area contributed by atoms with Gasteiger partial charge >= 0.3 is 0 Å². The lowest BCUT2D eigenvalue weighted by molar-refractivity contribution is 0.126. The van der Waals surface area contributed by atoms with Crippen LogP contribution in [0.25, 0.3) is 11.0 Å². The van der Waals surface area contributed by atoms with Gasteiger partial charge in [0, 0.05) is 25.8 Å². The number of aryl methyl sites for hydroxylation is 2. The molecule has 0 aliphatic rings. The van der Waals surface area contributed by atoms with E-state index in [0.29, 0.717) is 17.0 Å². The number of hydrogen-bond acceptors (Lipinski definition) is 2. The fourth-order valence-corrected chi connectivity index (χ4v) is 2.53. The van der Waals surface area contributed by atoms with Gasteiger partial charge < -0.3 is 9.30 Å². The molecule has 0 radical (unpaired) electrons. The molecule has 0 amide bonds. The second-order valence-corrected chi connectivity index (χ2v) is 5.49. The molecule has 3 nitrogen and oxygen atoms in total. The number of nitrogens with zero attached hydrogens (tertiary/aromatic N) is 2. The SMILES string of the molecule is CCCCOCCCn1c(CCl)nc2cc(F)c(C)cc21. The third-order valence-electron chi connectivity index (χ3n) is 3.54. The summed E-state index contributed by atoms with van der Waals surface area (Å²) in [6, 6.07) is 3.32. The lowest BCUT2D eigenvalue weighted by Crippen LogP contribution is -2.06. The number of fused-ring (bicyclic) bond motifs is 1. The van der Waals surface area contributed by atoms with Crippen molar-refractivity contribution in [1.82, 2.24) is 9.55 Å². The number of alkyl halides is 1. The molecule has 0 saturated heterocycles. The first-order valence-electron chi connectivity index (χ1n) is 7.46. The number of aromatic nitrogens is 2. The Morgan fingerprint density at radius 3 is 2.76 bits per heavy atom. The molecule has 0 N–H and O–H groups in total. The Morgan fingerprint density at radius 2 is 2.05 bits per heavy atom. The molecular formula is C16H22ClFN2O. The van der Waals surface area contributed by atoms with Crippen LogP contribution in [0.2, 0.25) is 0 Å². The number of imidazole rings is 1. The highest BCUT2D eigenvalue weighted by atomic mass is 35.5. The van der Waals surface area contributed by atoms with Crippen LogP contribution in [0.5, 0.6) is 0 Å². The molecule has 0 spiro atoms. The third kappa shape index (κ3) is 3.95. The van der Waals surface area contributed by atoms with Crippen LogP contribution in [0.15, 0.2) is 12.1 Å². The van der Waals surface area contributed by atoms with Gasteiger partial charge in [0.25, 0.3) is 0 Å². The minimum absolute atomic E-state index is 0.226. The maximum absolute atomic E-state index is 13.6. The van der Waals surface area contributed by atoms with E-state index in [9.17, 15) is 4.39 Å². The Labute approximate surface area is 130 Å². The van der Waals surface area contributed by atoms with Crippen molar-refractivity contribution >= 4 is 22.6 Å². The first-order chi connectivity index (χ1) is 10.2. The van der Waals surface area contributed by atoms with Gasteiger partial charge in [0.2, 0.25) is 0 Å². The second kappa shape index (κ2) is 7.76. The molecule has 0 atom stereocenters. The predicted octanol–water partition coefficient (Wildman–Crippen LogP) is 4.43. The number of benzene rings is 1. The first-order valence-corrected chi connectivity index (χ1v) is 7.99. The van der Waals surface area contributed by atoms with Gasteiger partial charge in [-0.15, -0.1) is 11.6 Å². The van der Waals surface area contributed by atoms with Crippen LogP contribution in [-0.4, -0.2) is 22.8 Å². The molecule has 5 heteroatoms. The molecule has 0 bridgehead atoms. The van der Waals surface area contributed by atoms with E-state index in [4.69, 9.17) is 16.3 Å². The van der Waals surface area contributed by atoms with Gasteiger partial charge in [-0.1, -0.05) is 13.3 Å². The minimum Gasteiger partial charge on any atom is -0.381 e. The zero-order valence-electron chi connectivity index (χ0n) is 12.7. The van der Waals surface area contributed by atoms with Gasteiger partial charge in [0.15, 0.2) is 0 Å². The number of rotatable bonds is 8. The van der Waals surface area contributed by atoms with E-state index in [2.05, 4.69) is 16.5 Å². The number of halogens is 2. The van der Waals surface area contributed by atoms with Gasteiger partial charge in [-0.25, -0.2) is 9.37 Å². The first kappa shape index (κ1) is 16.2. The summed E-state index contributed by atoms with van der Waals surface area (Å²) in [5, 5.41) is 0. The molecule has 1 aromatic heterocycles. The maximum Gasteiger partial charge on any atom is 0.128 e. The fraction of sp³-hybridized carbons (Fsp3) is 0.562. The largest absolute Gasteiger partial charge is 0.381 e. The van der Waals surface area contributed by atoms with Crippen molar-refractivity contribution in [3.8, 4) is 0 Å². The van der Waals surface area contributed by atoms with Crippen LogP contribution in [0.4, 0.5) is 4.39 Å². The average Bonchev–Trinajstić information content (AvgIpc) is 2.80. The lowest BCUT2D eigenvalue weighted by Gasteiger charge is -2.09.